The Bertz CT molecular complexity index is 359. The number of benzene rings is 1. The van der Waals surface area contributed by atoms with E-state index in [9.17, 15) is 0 Å². The minimum Gasteiger partial charge on any atom is -0.314 e. The maximum Gasteiger partial charge on any atom is 0.0441 e. The molecule has 1 saturated carbocycles. The smallest absolute Gasteiger partial charge is 0.0441 e. The van der Waals surface area contributed by atoms with Gasteiger partial charge in [0.2, 0.25) is 0 Å². The third-order valence-electron chi connectivity index (χ3n) is 3.22. The second kappa shape index (κ2) is 5.39. The van der Waals surface area contributed by atoms with Crippen LogP contribution in [-0.4, -0.2) is 12.6 Å². The highest BCUT2D eigenvalue weighted by atomic mass is 35.5. The molecule has 0 radical (unpaired) electrons. The molecule has 0 aliphatic heterocycles. The van der Waals surface area contributed by atoms with Gasteiger partial charge >= 0.3 is 0 Å². The van der Waals surface area contributed by atoms with Crippen LogP contribution in [0.1, 0.15) is 37.7 Å². The van der Waals surface area contributed by atoms with Gasteiger partial charge in [-0.2, -0.15) is 0 Å². The van der Waals surface area contributed by atoms with Crippen molar-refractivity contribution in [1.29, 1.82) is 0 Å². The number of hydrogen-bond acceptors (Lipinski definition) is 1. The molecular weight excluding hydrogens is 241 g/mol. The molecule has 1 aromatic rings. The molecule has 88 valence electrons. The van der Waals surface area contributed by atoms with Crippen LogP contribution in [-0.2, 0) is 0 Å². The summed E-state index contributed by atoms with van der Waals surface area (Å²) in [4.78, 5) is 0. The maximum absolute atomic E-state index is 6.18. The van der Waals surface area contributed by atoms with Crippen LogP contribution in [0.4, 0.5) is 0 Å². The Balaban J connectivity index is 1.93. The molecular formula is C13H17Cl2N. The van der Waals surface area contributed by atoms with Crippen molar-refractivity contribution in [3.63, 3.8) is 0 Å². The van der Waals surface area contributed by atoms with E-state index in [1.807, 2.05) is 18.2 Å². The van der Waals surface area contributed by atoms with Crippen molar-refractivity contribution in [1.82, 2.24) is 5.32 Å². The van der Waals surface area contributed by atoms with Crippen molar-refractivity contribution in [2.75, 3.05) is 6.54 Å². The van der Waals surface area contributed by atoms with E-state index < -0.39 is 0 Å². The first-order valence-corrected chi connectivity index (χ1v) is 6.64. The first-order chi connectivity index (χ1) is 7.70. The Kier molecular flexibility index (Phi) is 4.12. The largest absolute Gasteiger partial charge is 0.314 e. The Hall–Kier alpha value is -0.240. The summed E-state index contributed by atoms with van der Waals surface area (Å²) >= 11 is 12.2. The van der Waals surface area contributed by atoms with E-state index in [2.05, 4.69) is 12.2 Å². The zero-order chi connectivity index (χ0) is 11.5. The standard InChI is InChI=1S/C13H17Cl2N/c1-2-5-16-11-6-9(7-11)12-8-10(14)3-4-13(12)15/h3-4,8-9,11,16H,2,5-7H2,1H3. The Labute approximate surface area is 107 Å². The molecule has 1 fully saturated rings. The highest BCUT2D eigenvalue weighted by Crippen LogP contribution is 2.40. The lowest BCUT2D eigenvalue weighted by atomic mass is 9.76. The molecule has 0 saturated heterocycles. The highest BCUT2D eigenvalue weighted by molar-refractivity contribution is 6.33. The average Bonchev–Trinajstić information content (AvgIpc) is 2.21. The summed E-state index contributed by atoms with van der Waals surface area (Å²) in [6, 6.07) is 6.41. The Morgan fingerprint density at radius 2 is 2.06 bits per heavy atom. The quantitative estimate of drug-likeness (QED) is 0.851. The summed E-state index contributed by atoms with van der Waals surface area (Å²) < 4.78 is 0. The zero-order valence-electron chi connectivity index (χ0n) is 9.47. The third-order valence-corrected chi connectivity index (χ3v) is 3.80. The zero-order valence-corrected chi connectivity index (χ0v) is 11.0. The minimum absolute atomic E-state index is 0.584. The fourth-order valence-electron chi connectivity index (χ4n) is 2.21. The Morgan fingerprint density at radius 3 is 2.75 bits per heavy atom. The van der Waals surface area contributed by atoms with Crippen molar-refractivity contribution in [3.8, 4) is 0 Å². The molecule has 16 heavy (non-hydrogen) atoms. The molecule has 1 aromatic carbocycles. The maximum atomic E-state index is 6.18. The van der Waals surface area contributed by atoms with E-state index in [1.54, 1.807) is 0 Å². The molecule has 0 heterocycles. The summed E-state index contributed by atoms with van der Waals surface area (Å²) in [5.74, 6) is 0.584. The van der Waals surface area contributed by atoms with Gasteiger partial charge in [-0.25, -0.2) is 0 Å². The van der Waals surface area contributed by atoms with Crippen LogP contribution in [0.15, 0.2) is 18.2 Å². The van der Waals surface area contributed by atoms with Crippen LogP contribution in [0.3, 0.4) is 0 Å². The fraction of sp³-hybridized carbons (Fsp3) is 0.538. The van der Waals surface area contributed by atoms with E-state index in [0.29, 0.717) is 12.0 Å². The number of halogens is 2. The van der Waals surface area contributed by atoms with Crippen LogP contribution in [0, 0.1) is 0 Å². The number of hydrogen-bond donors (Lipinski definition) is 1. The molecule has 2 rings (SSSR count). The van der Waals surface area contributed by atoms with E-state index in [-0.39, 0.29) is 0 Å². The van der Waals surface area contributed by atoms with Crippen molar-refractivity contribution in [2.24, 2.45) is 0 Å². The van der Waals surface area contributed by atoms with Crippen LogP contribution < -0.4 is 5.32 Å². The summed E-state index contributed by atoms with van der Waals surface area (Å²) in [6.07, 6.45) is 3.55. The monoisotopic (exact) mass is 257 g/mol. The first-order valence-electron chi connectivity index (χ1n) is 5.89. The SMILES string of the molecule is CCCNC1CC(c2cc(Cl)ccc2Cl)C1. The van der Waals surface area contributed by atoms with E-state index >= 15 is 0 Å². The highest BCUT2D eigenvalue weighted by Gasteiger charge is 2.30. The van der Waals surface area contributed by atoms with E-state index in [4.69, 9.17) is 23.2 Å². The second-order valence-corrected chi connectivity index (χ2v) is 5.33. The van der Waals surface area contributed by atoms with Crippen molar-refractivity contribution in [2.45, 2.75) is 38.1 Å². The number of rotatable bonds is 4. The van der Waals surface area contributed by atoms with Crippen LogP contribution in [0.25, 0.3) is 0 Å². The van der Waals surface area contributed by atoms with E-state index in [0.717, 1.165) is 16.6 Å². The molecule has 1 N–H and O–H groups in total. The Morgan fingerprint density at radius 1 is 1.31 bits per heavy atom. The van der Waals surface area contributed by atoms with Gasteiger partial charge in [0, 0.05) is 16.1 Å². The van der Waals surface area contributed by atoms with Crippen LogP contribution in [0.5, 0.6) is 0 Å². The normalized spacial score (nSPS) is 24.2. The summed E-state index contributed by atoms with van der Waals surface area (Å²) in [7, 11) is 0. The van der Waals surface area contributed by atoms with Crippen LogP contribution in [0.2, 0.25) is 10.0 Å². The first kappa shape index (κ1) is 12.2. The van der Waals surface area contributed by atoms with Gasteiger partial charge in [-0.1, -0.05) is 30.1 Å². The molecule has 0 unspecified atom stereocenters. The van der Waals surface area contributed by atoms with Gasteiger partial charge in [-0.15, -0.1) is 0 Å². The molecule has 0 atom stereocenters. The lowest BCUT2D eigenvalue weighted by Gasteiger charge is -2.36. The molecule has 0 bridgehead atoms. The van der Waals surface area contributed by atoms with Crippen molar-refractivity contribution in [3.05, 3.63) is 33.8 Å². The predicted molar refractivity (Wildman–Crippen MR) is 70.5 cm³/mol. The van der Waals surface area contributed by atoms with Gasteiger partial charge in [0.05, 0.1) is 0 Å². The summed E-state index contributed by atoms with van der Waals surface area (Å²) in [6.45, 7) is 3.30. The second-order valence-electron chi connectivity index (χ2n) is 4.49. The predicted octanol–water partition coefficient (Wildman–Crippen LogP) is 4.24. The molecule has 0 amide bonds. The van der Waals surface area contributed by atoms with Gasteiger partial charge in [0.25, 0.3) is 0 Å². The third kappa shape index (κ3) is 2.71. The molecule has 1 nitrogen and oxygen atoms in total. The molecule has 3 heteroatoms. The molecule has 0 aromatic heterocycles. The molecule has 1 aliphatic rings. The lowest BCUT2D eigenvalue weighted by Crippen LogP contribution is -2.40. The molecule has 0 spiro atoms. The summed E-state index contributed by atoms with van der Waals surface area (Å²) in [5, 5.41) is 5.16. The van der Waals surface area contributed by atoms with Gasteiger partial charge in [0.15, 0.2) is 0 Å². The summed E-state index contributed by atoms with van der Waals surface area (Å²) in [5.41, 5.74) is 1.21. The van der Waals surface area contributed by atoms with Crippen molar-refractivity contribution < 1.29 is 0 Å². The van der Waals surface area contributed by atoms with E-state index in [1.165, 1.54) is 24.8 Å². The van der Waals surface area contributed by atoms with Gasteiger partial charge in [-0.05, 0) is 55.5 Å². The fourth-order valence-corrected chi connectivity index (χ4v) is 2.67. The number of nitrogens with one attached hydrogen (secondary N) is 1. The van der Waals surface area contributed by atoms with Gasteiger partial charge in [0.1, 0.15) is 0 Å². The average molecular weight is 258 g/mol. The lowest BCUT2D eigenvalue weighted by molar-refractivity contribution is 0.292. The van der Waals surface area contributed by atoms with Gasteiger partial charge in [-0.3, -0.25) is 0 Å². The van der Waals surface area contributed by atoms with Crippen LogP contribution >= 0.6 is 23.2 Å². The molecule has 1 aliphatic carbocycles. The van der Waals surface area contributed by atoms with Crippen molar-refractivity contribution >= 4 is 23.2 Å². The van der Waals surface area contributed by atoms with Gasteiger partial charge < -0.3 is 5.32 Å². The topological polar surface area (TPSA) is 12.0 Å². The minimum atomic E-state index is 0.584.